The molecule has 2 aliphatic rings. The van der Waals surface area contributed by atoms with Gasteiger partial charge in [-0.25, -0.2) is 0 Å². The molecule has 1 saturated carbocycles. The number of rotatable bonds is 4. The van der Waals surface area contributed by atoms with E-state index in [2.05, 4.69) is 10.6 Å². The molecule has 2 N–H and O–H groups in total. The molecular formula is C23H24N2O3S. The van der Waals surface area contributed by atoms with Gasteiger partial charge in [-0.3, -0.25) is 9.59 Å². The number of methoxy groups -OCH3 is 1. The molecule has 0 aromatic heterocycles. The summed E-state index contributed by atoms with van der Waals surface area (Å²) in [7, 11) is 1.62. The smallest absolute Gasteiger partial charge is 0.262 e. The summed E-state index contributed by atoms with van der Waals surface area (Å²) in [4.78, 5) is 26.7. The normalized spacial score (nSPS) is 18.1. The third-order valence-electron chi connectivity index (χ3n) is 5.27. The summed E-state index contributed by atoms with van der Waals surface area (Å²) in [6, 6.07) is 13.3. The zero-order valence-corrected chi connectivity index (χ0v) is 17.2. The minimum atomic E-state index is -0.171. The van der Waals surface area contributed by atoms with Crippen molar-refractivity contribution in [1.82, 2.24) is 5.32 Å². The van der Waals surface area contributed by atoms with E-state index in [1.54, 1.807) is 13.2 Å². The molecule has 0 spiro atoms. The first-order valence-electron chi connectivity index (χ1n) is 9.92. The Labute approximate surface area is 174 Å². The van der Waals surface area contributed by atoms with Crippen molar-refractivity contribution < 1.29 is 14.3 Å². The van der Waals surface area contributed by atoms with Gasteiger partial charge >= 0.3 is 0 Å². The van der Waals surface area contributed by atoms with Crippen molar-refractivity contribution in [2.45, 2.75) is 43.0 Å². The van der Waals surface area contributed by atoms with Crippen LogP contribution >= 0.6 is 11.8 Å². The number of thioether (sulfide) groups is 1. The first-order chi connectivity index (χ1) is 14.1. The largest absolute Gasteiger partial charge is 0.497 e. The maximum Gasteiger partial charge on any atom is 0.262 e. The molecule has 4 rings (SSSR count). The van der Waals surface area contributed by atoms with Crippen LogP contribution in [0.3, 0.4) is 0 Å². The van der Waals surface area contributed by atoms with Crippen molar-refractivity contribution >= 4 is 35.3 Å². The fraction of sp³-hybridized carbons (Fsp3) is 0.304. The number of carbonyl (C=O) groups excluding carboxylic acids is 2. The summed E-state index contributed by atoms with van der Waals surface area (Å²) in [6.07, 6.45) is 7.52. The maximum absolute atomic E-state index is 12.6. The van der Waals surface area contributed by atoms with Crippen LogP contribution in [0.5, 0.6) is 5.75 Å². The van der Waals surface area contributed by atoms with E-state index in [0.29, 0.717) is 16.2 Å². The van der Waals surface area contributed by atoms with Crippen LogP contribution < -0.4 is 15.4 Å². The van der Waals surface area contributed by atoms with E-state index in [0.717, 1.165) is 29.1 Å². The van der Waals surface area contributed by atoms with Gasteiger partial charge in [0.1, 0.15) is 5.75 Å². The summed E-state index contributed by atoms with van der Waals surface area (Å²) < 4.78 is 5.24. The molecule has 6 heteroatoms. The van der Waals surface area contributed by atoms with Gasteiger partial charge in [0, 0.05) is 16.5 Å². The van der Waals surface area contributed by atoms with Crippen LogP contribution in [-0.4, -0.2) is 25.0 Å². The number of hydrogen-bond donors (Lipinski definition) is 2. The number of nitrogens with one attached hydrogen (secondary N) is 2. The van der Waals surface area contributed by atoms with Gasteiger partial charge in [0.2, 0.25) is 0 Å². The van der Waals surface area contributed by atoms with Gasteiger partial charge in [0.15, 0.2) is 0 Å². The molecule has 2 aromatic carbocycles. The lowest BCUT2D eigenvalue weighted by Gasteiger charge is -2.23. The number of hydrogen-bond acceptors (Lipinski definition) is 4. The molecule has 0 unspecified atom stereocenters. The van der Waals surface area contributed by atoms with E-state index in [4.69, 9.17) is 4.74 Å². The molecule has 1 aliphatic heterocycles. The van der Waals surface area contributed by atoms with E-state index < -0.39 is 0 Å². The molecule has 1 heterocycles. The van der Waals surface area contributed by atoms with Crippen LogP contribution in [0.2, 0.25) is 0 Å². The predicted molar refractivity (Wildman–Crippen MR) is 116 cm³/mol. The van der Waals surface area contributed by atoms with Crippen molar-refractivity contribution in [2.75, 3.05) is 12.4 Å². The molecule has 1 aliphatic carbocycles. The van der Waals surface area contributed by atoms with Gasteiger partial charge in [0.25, 0.3) is 11.8 Å². The highest BCUT2D eigenvalue weighted by Crippen LogP contribution is 2.39. The Bertz CT molecular complexity index is 964. The SMILES string of the molecule is COc1cccc(C=C2Sc3ccc(C(=O)NC4CCCCC4)cc3NC2=O)c1. The lowest BCUT2D eigenvalue weighted by Crippen LogP contribution is -2.36. The Morgan fingerprint density at radius 1 is 1.17 bits per heavy atom. The van der Waals surface area contributed by atoms with Crippen LogP contribution in [0.25, 0.3) is 6.08 Å². The molecule has 5 nitrogen and oxygen atoms in total. The fourth-order valence-corrected chi connectivity index (χ4v) is 4.63. The Balaban J connectivity index is 1.50. The molecule has 2 aromatic rings. The van der Waals surface area contributed by atoms with Gasteiger partial charge in [-0.1, -0.05) is 43.2 Å². The molecule has 0 radical (unpaired) electrons. The van der Waals surface area contributed by atoms with Gasteiger partial charge in [-0.05, 0) is 54.8 Å². The standard InChI is InChI=1S/C23H24N2O3S/c1-28-18-9-5-6-15(12-18)13-21-23(27)25-19-14-16(10-11-20(19)29-21)22(26)24-17-7-3-2-4-8-17/h5-6,9-14,17H,2-4,7-8H2,1H3,(H,24,26)(H,25,27). The molecule has 0 bridgehead atoms. The highest BCUT2D eigenvalue weighted by Gasteiger charge is 2.23. The monoisotopic (exact) mass is 408 g/mol. The number of fused-ring (bicyclic) bond motifs is 1. The van der Waals surface area contributed by atoms with Crippen molar-refractivity contribution in [3.63, 3.8) is 0 Å². The molecule has 0 saturated heterocycles. The quantitative estimate of drug-likeness (QED) is 0.710. The van der Waals surface area contributed by atoms with E-state index >= 15 is 0 Å². The minimum Gasteiger partial charge on any atom is -0.497 e. The van der Waals surface area contributed by atoms with Crippen molar-refractivity contribution in [1.29, 1.82) is 0 Å². The molecule has 150 valence electrons. The number of anilines is 1. The molecule has 29 heavy (non-hydrogen) atoms. The maximum atomic E-state index is 12.6. The Morgan fingerprint density at radius 2 is 2.00 bits per heavy atom. The summed E-state index contributed by atoms with van der Waals surface area (Å²) in [5.74, 6) is 0.501. The third kappa shape index (κ3) is 4.65. The average molecular weight is 409 g/mol. The second-order valence-electron chi connectivity index (χ2n) is 7.36. The molecule has 1 fully saturated rings. The minimum absolute atomic E-state index is 0.0725. The first kappa shape index (κ1) is 19.6. The number of carbonyl (C=O) groups is 2. The topological polar surface area (TPSA) is 67.4 Å². The predicted octanol–water partition coefficient (Wildman–Crippen LogP) is 4.84. The second-order valence-corrected chi connectivity index (χ2v) is 8.44. The summed E-state index contributed by atoms with van der Waals surface area (Å²) in [5.41, 5.74) is 2.16. The van der Waals surface area contributed by atoms with Gasteiger partial charge in [-0.15, -0.1) is 0 Å². The van der Waals surface area contributed by atoms with Crippen molar-refractivity contribution in [3.8, 4) is 5.75 Å². The molecular weight excluding hydrogens is 384 g/mol. The highest BCUT2D eigenvalue weighted by molar-refractivity contribution is 8.04. The van der Waals surface area contributed by atoms with Crippen LogP contribution in [0.1, 0.15) is 48.0 Å². The fourth-order valence-electron chi connectivity index (χ4n) is 3.70. The summed E-state index contributed by atoms with van der Waals surface area (Å²) in [5, 5.41) is 6.04. The number of ether oxygens (including phenoxy) is 1. The van der Waals surface area contributed by atoms with Crippen LogP contribution in [0.15, 0.2) is 52.3 Å². The Hall–Kier alpha value is -2.73. The van der Waals surface area contributed by atoms with Crippen molar-refractivity contribution in [2.24, 2.45) is 0 Å². The van der Waals surface area contributed by atoms with E-state index in [-0.39, 0.29) is 17.9 Å². The molecule has 0 atom stereocenters. The first-order valence-corrected chi connectivity index (χ1v) is 10.7. The number of benzene rings is 2. The van der Waals surface area contributed by atoms with E-state index in [9.17, 15) is 9.59 Å². The van der Waals surface area contributed by atoms with Crippen molar-refractivity contribution in [3.05, 3.63) is 58.5 Å². The lowest BCUT2D eigenvalue weighted by atomic mass is 9.95. The summed E-state index contributed by atoms with van der Waals surface area (Å²) >= 11 is 1.41. The Morgan fingerprint density at radius 3 is 2.79 bits per heavy atom. The number of amides is 2. The molecule has 2 amide bonds. The van der Waals surface area contributed by atoms with Crippen LogP contribution in [0, 0.1) is 0 Å². The van der Waals surface area contributed by atoms with Crippen LogP contribution in [0.4, 0.5) is 5.69 Å². The van der Waals surface area contributed by atoms with E-state index in [1.807, 2.05) is 42.5 Å². The zero-order valence-electron chi connectivity index (χ0n) is 16.4. The third-order valence-corrected chi connectivity index (χ3v) is 6.36. The second kappa shape index (κ2) is 8.74. The Kier molecular flexibility index (Phi) is 5.90. The lowest BCUT2D eigenvalue weighted by molar-refractivity contribution is -0.112. The van der Waals surface area contributed by atoms with Gasteiger partial charge in [0.05, 0.1) is 17.7 Å². The average Bonchev–Trinajstić information content (AvgIpc) is 2.75. The van der Waals surface area contributed by atoms with E-state index in [1.165, 1.54) is 31.0 Å². The summed E-state index contributed by atoms with van der Waals surface area (Å²) in [6.45, 7) is 0. The van der Waals surface area contributed by atoms with Gasteiger partial charge in [-0.2, -0.15) is 0 Å². The highest BCUT2D eigenvalue weighted by atomic mass is 32.2. The van der Waals surface area contributed by atoms with Crippen LogP contribution in [-0.2, 0) is 4.79 Å². The van der Waals surface area contributed by atoms with Gasteiger partial charge < -0.3 is 15.4 Å². The zero-order chi connectivity index (χ0) is 20.2.